The summed E-state index contributed by atoms with van der Waals surface area (Å²) in [5.74, 6) is -0.528. The highest BCUT2D eigenvalue weighted by Gasteiger charge is 2.15. The molecule has 3 aromatic rings. The van der Waals surface area contributed by atoms with Gasteiger partial charge in [-0.2, -0.15) is 0 Å². The summed E-state index contributed by atoms with van der Waals surface area (Å²) in [5.41, 5.74) is 10.0. The molecule has 0 atom stereocenters. The van der Waals surface area contributed by atoms with Crippen LogP contribution >= 0.6 is 0 Å². The highest BCUT2D eigenvalue weighted by molar-refractivity contribution is 5.96. The van der Waals surface area contributed by atoms with Crippen molar-refractivity contribution >= 4 is 16.8 Å². The third-order valence-corrected chi connectivity index (χ3v) is 5.08. The second kappa shape index (κ2) is 6.77. The lowest BCUT2D eigenvalue weighted by molar-refractivity contribution is 0.100. The fraction of sp³-hybridized carbons (Fsp3) is 0.238. The Balaban J connectivity index is 1.57. The van der Waals surface area contributed by atoms with Crippen molar-refractivity contribution in [3.8, 4) is 0 Å². The number of amides is 1. The molecule has 0 aliphatic carbocycles. The molecule has 0 unspecified atom stereocenters. The smallest absolute Gasteiger partial charge is 0.248 e. The van der Waals surface area contributed by atoms with E-state index in [0.29, 0.717) is 17.5 Å². The highest BCUT2D eigenvalue weighted by Crippen LogP contribution is 2.17. The zero-order valence-electron chi connectivity index (χ0n) is 14.5. The lowest BCUT2D eigenvalue weighted by Gasteiger charge is -2.19. The monoisotopic (exact) mass is 347 g/mol. The fourth-order valence-electron chi connectivity index (χ4n) is 3.65. The van der Waals surface area contributed by atoms with Gasteiger partial charge in [0, 0.05) is 47.9 Å². The predicted molar refractivity (Wildman–Crippen MR) is 102 cm³/mol. The fourth-order valence-corrected chi connectivity index (χ4v) is 3.65. The summed E-state index contributed by atoms with van der Waals surface area (Å²) in [6.45, 7) is 2.64. The SMILES string of the molecule is NC(=O)c1ccc2[nH]c(CN3CCc4ccccc4CC3)cc(=O)c2c1. The van der Waals surface area contributed by atoms with E-state index >= 15 is 0 Å². The molecule has 0 spiro atoms. The average Bonchev–Trinajstić information content (AvgIpc) is 2.84. The van der Waals surface area contributed by atoms with Crippen LogP contribution in [0.3, 0.4) is 0 Å². The number of nitrogens with one attached hydrogen (secondary N) is 1. The van der Waals surface area contributed by atoms with E-state index in [-0.39, 0.29) is 5.43 Å². The minimum Gasteiger partial charge on any atom is -0.366 e. The molecule has 1 aromatic heterocycles. The topological polar surface area (TPSA) is 79.2 Å². The molecule has 0 radical (unpaired) electrons. The number of hydrogen-bond acceptors (Lipinski definition) is 3. The molecule has 2 heterocycles. The highest BCUT2D eigenvalue weighted by atomic mass is 16.1. The number of carbonyl (C=O) groups excluding carboxylic acids is 1. The standard InChI is InChI=1S/C21H21N3O2/c22-21(26)16-5-6-19-18(11-16)20(25)12-17(23-19)13-24-9-7-14-3-1-2-4-15(14)8-10-24/h1-6,11-12H,7-10,13H2,(H2,22,26)(H,23,25). The van der Waals surface area contributed by atoms with Gasteiger partial charge < -0.3 is 10.7 Å². The Morgan fingerprint density at radius 3 is 2.38 bits per heavy atom. The first kappa shape index (κ1) is 16.5. The molecule has 132 valence electrons. The van der Waals surface area contributed by atoms with Crippen LogP contribution < -0.4 is 11.2 Å². The lowest BCUT2D eigenvalue weighted by Crippen LogP contribution is -2.27. The van der Waals surface area contributed by atoms with Crippen LogP contribution in [0.5, 0.6) is 0 Å². The van der Waals surface area contributed by atoms with Gasteiger partial charge in [0.15, 0.2) is 5.43 Å². The number of nitrogens with two attached hydrogens (primary N) is 1. The first-order valence-electron chi connectivity index (χ1n) is 8.85. The van der Waals surface area contributed by atoms with Gasteiger partial charge in [-0.15, -0.1) is 0 Å². The maximum absolute atomic E-state index is 12.5. The van der Waals surface area contributed by atoms with E-state index in [0.717, 1.165) is 37.1 Å². The van der Waals surface area contributed by atoms with Gasteiger partial charge in [-0.05, 0) is 42.2 Å². The van der Waals surface area contributed by atoms with Crippen LogP contribution in [0.25, 0.3) is 10.9 Å². The van der Waals surface area contributed by atoms with Crippen molar-refractivity contribution in [1.29, 1.82) is 0 Å². The second-order valence-electron chi connectivity index (χ2n) is 6.83. The number of H-pyrrole nitrogens is 1. The maximum atomic E-state index is 12.5. The van der Waals surface area contributed by atoms with Crippen LogP contribution in [0.1, 0.15) is 27.2 Å². The van der Waals surface area contributed by atoms with E-state index in [1.165, 1.54) is 11.1 Å². The Bertz CT molecular complexity index is 1010. The molecule has 2 aromatic carbocycles. The summed E-state index contributed by atoms with van der Waals surface area (Å²) in [4.78, 5) is 29.5. The molecule has 0 fully saturated rings. The Labute approximate surface area is 151 Å². The molecule has 26 heavy (non-hydrogen) atoms. The molecule has 4 rings (SSSR count). The van der Waals surface area contributed by atoms with Crippen molar-refractivity contribution < 1.29 is 4.79 Å². The summed E-state index contributed by atoms with van der Waals surface area (Å²) in [7, 11) is 0. The molecule has 1 aliphatic heterocycles. The molecule has 0 bridgehead atoms. The number of aromatic amines is 1. The quantitative estimate of drug-likeness (QED) is 0.762. The van der Waals surface area contributed by atoms with Crippen molar-refractivity contribution in [2.75, 3.05) is 13.1 Å². The summed E-state index contributed by atoms with van der Waals surface area (Å²) in [5, 5.41) is 0.494. The Morgan fingerprint density at radius 2 is 1.73 bits per heavy atom. The third-order valence-electron chi connectivity index (χ3n) is 5.08. The number of benzene rings is 2. The van der Waals surface area contributed by atoms with Crippen LogP contribution in [0.4, 0.5) is 0 Å². The van der Waals surface area contributed by atoms with Gasteiger partial charge in [0.25, 0.3) is 0 Å². The Hall–Kier alpha value is -2.92. The molecule has 5 nitrogen and oxygen atoms in total. The van der Waals surface area contributed by atoms with Crippen molar-refractivity contribution in [3.05, 3.63) is 81.1 Å². The average molecular weight is 347 g/mol. The van der Waals surface area contributed by atoms with Crippen LogP contribution in [0.15, 0.2) is 53.3 Å². The van der Waals surface area contributed by atoms with Crippen LogP contribution in [-0.2, 0) is 19.4 Å². The van der Waals surface area contributed by atoms with Crippen LogP contribution in [0.2, 0.25) is 0 Å². The minimum atomic E-state index is -0.528. The van der Waals surface area contributed by atoms with Gasteiger partial charge in [-0.1, -0.05) is 24.3 Å². The molecule has 5 heteroatoms. The van der Waals surface area contributed by atoms with Crippen molar-refractivity contribution in [2.45, 2.75) is 19.4 Å². The van der Waals surface area contributed by atoms with Gasteiger partial charge in [0.1, 0.15) is 0 Å². The maximum Gasteiger partial charge on any atom is 0.248 e. The van der Waals surface area contributed by atoms with Crippen LogP contribution in [-0.4, -0.2) is 28.9 Å². The molecule has 0 saturated heterocycles. The first-order chi connectivity index (χ1) is 12.6. The first-order valence-corrected chi connectivity index (χ1v) is 8.85. The number of aromatic nitrogens is 1. The van der Waals surface area contributed by atoms with Gasteiger partial charge in [-0.25, -0.2) is 0 Å². The van der Waals surface area contributed by atoms with E-state index in [9.17, 15) is 9.59 Å². The Morgan fingerprint density at radius 1 is 1.04 bits per heavy atom. The second-order valence-corrected chi connectivity index (χ2v) is 6.83. The largest absolute Gasteiger partial charge is 0.366 e. The summed E-state index contributed by atoms with van der Waals surface area (Å²) < 4.78 is 0. The molecule has 3 N–H and O–H groups in total. The summed E-state index contributed by atoms with van der Waals surface area (Å²) in [6, 6.07) is 15.2. The van der Waals surface area contributed by atoms with Crippen LogP contribution in [0, 0.1) is 0 Å². The molecular formula is C21H21N3O2. The zero-order chi connectivity index (χ0) is 18.1. The van der Waals surface area contributed by atoms with Gasteiger partial charge >= 0.3 is 0 Å². The van der Waals surface area contributed by atoms with E-state index in [4.69, 9.17) is 5.73 Å². The van der Waals surface area contributed by atoms with Gasteiger partial charge in [0.2, 0.25) is 5.91 Å². The van der Waals surface area contributed by atoms with E-state index < -0.39 is 5.91 Å². The predicted octanol–water partition coefficient (Wildman–Crippen LogP) is 2.23. The number of hydrogen-bond donors (Lipinski definition) is 2. The number of pyridine rings is 1. The number of nitrogens with zero attached hydrogens (tertiary/aromatic N) is 1. The molecule has 1 amide bonds. The zero-order valence-corrected chi connectivity index (χ0v) is 14.5. The Kier molecular flexibility index (Phi) is 4.31. The number of fused-ring (bicyclic) bond motifs is 2. The van der Waals surface area contributed by atoms with Crippen molar-refractivity contribution in [3.63, 3.8) is 0 Å². The third kappa shape index (κ3) is 3.26. The van der Waals surface area contributed by atoms with Gasteiger partial charge in [-0.3, -0.25) is 14.5 Å². The number of primary amides is 1. The van der Waals surface area contributed by atoms with E-state index in [1.807, 2.05) is 0 Å². The number of rotatable bonds is 3. The normalized spacial score (nSPS) is 14.8. The summed E-state index contributed by atoms with van der Waals surface area (Å²) in [6.07, 6.45) is 2.05. The minimum absolute atomic E-state index is 0.0880. The molecule has 1 aliphatic rings. The van der Waals surface area contributed by atoms with Crippen molar-refractivity contribution in [2.24, 2.45) is 5.73 Å². The lowest BCUT2D eigenvalue weighted by atomic mass is 10.0. The molecular weight excluding hydrogens is 326 g/mol. The van der Waals surface area contributed by atoms with E-state index in [1.54, 1.807) is 24.3 Å². The molecule has 0 saturated carbocycles. The van der Waals surface area contributed by atoms with Crippen molar-refractivity contribution in [1.82, 2.24) is 9.88 Å². The van der Waals surface area contributed by atoms with E-state index in [2.05, 4.69) is 34.1 Å². The van der Waals surface area contributed by atoms with Gasteiger partial charge in [0.05, 0.1) is 0 Å². The number of carbonyl (C=O) groups is 1. The summed E-state index contributed by atoms with van der Waals surface area (Å²) >= 11 is 0.